The monoisotopic (exact) mass is 331 g/mol. The van der Waals surface area contributed by atoms with E-state index in [1.54, 1.807) is 12.4 Å². The molecule has 0 N–H and O–H groups in total. The molecule has 0 bridgehead atoms. The largest absolute Gasteiger partial charge is 0.367 e. The molecule has 1 saturated heterocycles. The molecule has 23 heavy (non-hydrogen) atoms. The fourth-order valence-corrected chi connectivity index (χ4v) is 3.03. The Labute approximate surface area is 142 Å². The quantitative estimate of drug-likeness (QED) is 0.863. The minimum Gasteiger partial charge on any atom is -0.367 e. The summed E-state index contributed by atoms with van der Waals surface area (Å²) in [6.45, 7) is 9.97. The van der Waals surface area contributed by atoms with Crippen LogP contribution in [0.3, 0.4) is 0 Å². The average molecular weight is 332 g/mol. The van der Waals surface area contributed by atoms with Gasteiger partial charge < -0.3 is 9.80 Å². The van der Waals surface area contributed by atoms with Crippen molar-refractivity contribution in [3.8, 4) is 0 Å². The van der Waals surface area contributed by atoms with Gasteiger partial charge in [0.05, 0.1) is 10.7 Å². The number of hydrogen-bond acceptors (Lipinski definition) is 5. The molecule has 2 aromatic heterocycles. The molecule has 5 nitrogen and oxygen atoms in total. The van der Waals surface area contributed by atoms with Gasteiger partial charge in [0.1, 0.15) is 11.6 Å². The molecule has 0 amide bonds. The van der Waals surface area contributed by atoms with E-state index in [0.717, 1.165) is 49.2 Å². The summed E-state index contributed by atoms with van der Waals surface area (Å²) in [6.07, 6.45) is 3.49. The average Bonchev–Trinajstić information content (AvgIpc) is 2.55. The summed E-state index contributed by atoms with van der Waals surface area (Å²) in [5.41, 5.74) is 2.08. The van der Waals surface area contributed by atoms with E-state index in [4.69, 9.17) is 16.6 Å². The molecule has 3 heterocycles. The molecule has 3 rings (SSSR count). The first-order valence-electron chi connectivity index (χ1n) is 7.99. The number of aryl methyl sites for hydroxylation is 1. The number of halogens is 1. The van der Waals surface area contributed by atoms with Crippen molar-refractivity contribution in [2.24, 2.45) is 0 Å². The van der Waals surface area contributed by atoms with Crippen LogP contribution in [-0.2, 0) is 0 Å². The lowest BCUT2D eigenvalue weighted by molar-refractivity contribution is 0.641. The highest BCUT2D eigenvalue weighted by molar-refractivity contribution is 6.33. The number of anilines is 2. The van der Waals surface area contributed by atoms with Crippen LogP contribution in [0.5, 0.6) is 0 Å². The molecule has 1 fully saturated rings. The lowest BCUT2D eigenvalue weighted by Gasteiger charge is -2.37. The highest BCUT2D eigenvalue weighted by Crippen LogP contribution is 2.26. The zero-order chi connectivity index (χ0) is 16.4. The van der Waals surface area contributed by atoms with Crippen molar-refractivity contribution < 1.29 is 0 Å². The van der Waals surface area contributed by atoms with Gasteiger partial charge in [-0.3, -0.25) is 4.98 Å². The molecule has 0 saturated carbocycles. The Kier molecular flexibility index (Phi) is 4.66. The lowest BCUT2D eigenvalue weighted by Crippen LogP contribution is -2.47. The summed E-state index contributed by atoms with van der Waals surface area (Å²) in [5, 5.41) is 0.709. The minimum atomic E-state index is 0.338. The number of piperazine rings is 1. The predicted octanol–water partition coefficient (Wildman–Crippen LogP) is 3.28. The molecular weight excluding hydrogens is 310 g/mol. The molecule has 2 aromatic rings. The van der Waals surface area contributed by atoms with Gasteiger partial charge in [0.15, 0.2) is 0 Å². The van der Waals surface area contributed by atoms with Crippen molar-refractivity contribution in [1.82, 2.24) is 15.0 Å². The third kappa shape index (κ3) is 3.55. The van der Waals surface area contributed by atoms with E-state index in [2.05, 4.69) is 39.7 Å². The van der Waals surface area contributed by atoms with Gasteiger partial charge in [-0.1, -0.05) is 25.4 Å². The van der Waals surface area contributed by atoms with Gasteiger partial charge in [-0.15, -0.1) is 0 Å². The van der Waals surface area contributed by atoms with Crippen molar-refractivity contribution in [1.29, 1.82) is 0 Å². The maximum Gasteiger partial charge on any atom is 0.133 e. The lowest BCUT2D eigenvalue weighted by atomic mass is 10.2. The van der Waals surface area contributed by atoms with Gasteiger partial charge in [-0.2, -0.15) is 0 Å². The number of nitrogens with zero attached hydrogens (tertiary/aromatic N) is 5. The van der Waals surface area contributed by atoms with E-state index in [1.807, 2.05) is 13.0 Å². The van der Waals surface area contributed by atoms with Crippen molar-refractivity contribution >= 4 is 23.1 Å². The van der Waals surface area contributed by atoms with Crippen LogP contribution in [0.2, 0.25) is 5.02 Å². The van der Waals surface area contributed by atoms with Crippen LogP contribution < -0.4 is 9.80 Å². The van der Waals surface area contributed by atoms with E-state index in [9.17, 15) is 0 Å². The zero-order valence-corrected chi connectivity index (χ0v) is 14.6. The fourth-order valence-electron chi connectivity index (χ4n) is 2.80. The molecule has 0 aliphatic carbocycles. The van der Waals surface area contributed by atoms with Crippen molar-refractivity contribution in [3.63, 3.8) is 0 Å². The molecule has 0 radical (unpaired) electrons. The second kappa shape index (κ2) is 6.71. The first kappa shape index (κ1) is 16.0. The van der Waals surface area contributed by atoms with Crippen LogP contribution in [0.1, 0.15) is 31.3 Å². The van der Waals surface area contributed by atoms with E-state index in [0.29, 0.717) is 10.9 Å². The van der Waals surface area contributed by atoms with E-state index >= 15 is 0 Å². The van der Waals surface area contributed by atoms with Crippen LogP contribution in [0.4, 0.5) is 11.5 Å². The summed E-state index contributed by atoms with van der Waals surface area (Å²) in [5.74, 6) is 2.28. The summed E-state index contributed by atoms with van der Waals surface area (Å²) in [6, 6.07) is 4.05. The molecule has 6 heteroatoms. The number of rotatable bonds is 3. The SMILES string of the molecule is Cc1cc(N2CCN(c3ccncc3Cl)CC2)nc(C(C)C)n1. The maximum atomic E-state index is 6.25. The van der Waals surface area contributed by atoms with Gasteiger partial charge in [0.25, 0.3) is 0 Å². The fraction of sp³-hybridized carbons (Fsp3) is 0.471. The Hall–Kier alpha value is -1.88. The molecule has 1 aliphatic rings. The summed E-state index contributed by atoms with van der Waals surface area (Å²) in [7, 11) is 0. The molecule has 0 aromatic carbocycles. The van der Waals surface area contributed by atoms with Crippen LogP contribution >= 0.6 is 11.6 Å². The van der Waals surface area contributed by atoms with E-state index in [1.165, 1.54) is 0 Å². The van der Waals surface area contributed by atoms with Crippen LogP contribution in [0, 0.1) is 6.92 Å². The molecule has 122 valence electrons. The Balaban J connectivity index is 1.73. The Morgan fingerprint density at radius 3 is 2.43 bits per heavy atom. The van der Waals surface area contributed by atoms with Crippen LogP contribution in [0.15, 0.2) is 24.5 Å². The second-order valence-electron chi connectivity index (χ2n) is 6.18. The van der Waals surface area contributed by atoms with Gasteiger partial charge in [-0.05, 0) is 13.0 Å². The first-order chi connectivity index (χ1) is 11.0. The Morgan fingerprint density at radius 1 is 1.09 bits per heavy atom. The molecular formula is C17H22ClN5. The third-order valence-electron chi connectivity index (χ3n) is 4.07. The first-order valence-corrected chi connectivity index (χ1v) is 8.37. The maximum absolute atomic E-state index is 6.25. The summed E-state index contributed by atoms with van der Waals surface area (Å²) < 4.78 is 0. The Bertz CT molecular complexity index is 680. The molecule has 1 aliphatic heterocycles. The third-order valence-corrected chi connectivity index (χ3v) is 4.36. The van der Waals surface area contributed by atoms with Crippen molar-refractivity contribution in [2.45, 2.75) is 26.7 Å². The van der Waals surface area contributed by atoms with Crippen molar-refractivity contribution in [3.05, 3.63) is 41.1 Å². The Morgan fingerprint density at radius 2 is 1.78 bits per heavy atom. The summed E-state index contributed by atoms with van der Waals surface area (Å²) >= 11 is 6.25. The number of aromatic nitrogens is 3. The highest BCUT2D eigenvalue weighted by Gasteiger charge is 2.21. The molecule has 0 spiro atoms. The highest BCUT2D eigenvalue weighted by atomic mass is 35.5. The molecule has 0 unspecified atom stereocenters. The van der Waals surface area contributed by atoms with Crippen LogP contribution in [-0.4, -0.2) is 41.1 Å². The topological polar surface area (TPSA) is 45.2 Å². The summed E-state index contributed by atoms with van der Waals surface area (Å²) in [4.78, 5) is 17.9. The van der Waals surface area contributed by atoms with Gasteiger partial charge in [-0.25, -0.2) is 9.97 Å². The molecule has 0 atom stereocenters. The van der Waals surface area contributed by atoms with Crippen molar-refractivity contribution in [2.75, 3.05) is 36.0 Å². The van der Waals surface area contributed by atoms with E-state index < -0.39 is 0 Å². The second-order valence-corrected chi connectivity index (χ2v) is 6.59. The van der Waals surface area contributed by atoms with Crippen LogP contribution in [0.25, 0.3) is 0 Å². The number of pyridine rings is 1. The number of hydrogen-bond donors (Lipinski definition) is 0. The minimum absolute atomic E-state index is 0.338. The smallest absolute Gasteiger partial charge is 0.133 e. The standard InChI is InChI=1S/C17H22ClN5/c1-12(2)17-20-13(3)10-16(21-17)23-8-6-22(7-9-23)15-4-5-19-11-14(15)18/h4-5,10-12H,6-9H2,1-3H3. The van der Waals surface area contributed by atoms with Gasteiger partial charge in [0, 0.05) is 56.3 Å². The zero-order valence-electron chi connectivity index (χ0n) is 13.8. The normalized spacial score (nSPS) is 15.3. The van der Waals surface area contributed by atoms with Gasteiger partial charge in [0.2, 0.25) is 0 Å². The predicted molar refractivity (Wildman–Crippen MR) is 94.5 cm³/mol. The van der Waals surface area contributed by atoms with E-state index in [-0.39, 0.29) is 0 Å². The van der Waals surface area contributed by atoms with Gasteiger partial charge >= 0.3 is 0 Å².